The van der Waals surface area contributed by atoms with Crippen molar-refractivity contribution in [3.05, 3.63) is 23.3 Å². The largest absolute Gasteiger partial charge is 0.450 e. The third-order valence-corrected chi connectivity index (χ3v) is 6.96. The lowest BCUT2D eigenvalue weighted by molar-refractivity contribution is -0.124. The van der Waals surface area contributed by atoms with Crippen LogP contribution in [0.2, 0.25) is 0 Å². The summed E-state index contributed by atoms with van der Waals surface area (Å²) in [7, 11) is 0. The van der Waals surface area contributed by atoms with E-state index in [4.69, 9.17) is 4.74 Å². The van der Waals surface area contributed by atoms with Gasteiger partial charge in [-0.15, -0.1) is 5.10 Å². The van der Waals surface area contributed by atoms with Crippen molar-refractivity contribution < 1.29 is 14.3 Å². The monoisotopic (exact) mass is 398 g/mol. The molecule has 29 heavy (non-hydrogen) atoms. The molecular weight excluding hydrogens is 372 g/mol. The minimum atomic E-state index is -0.775. The summed E-state index contributed by atoms with van der Waals surface area (Å²) in [4.78, 5) is 32.6. The normalized spacial score (nSPS) is 26.2. The van der Waals surface area contributed by atoms with E-state index in [-0.39, 0.29) is 16.7 Å². The van der Waals surface area contributed by atoms with Crippen molar-refractivity contribution in [2.75, 3.05) is 6.61 Å². The number of nitrogens with one attached hydrogen (secondary N) is 1. The maximum absolute atomic E-state index is 12.2. The van der Waals surface area contributed by atoms with E-state index in [0.29, 0.717) is 11.7 Å². The molecule has 2 aromatic heterocycles. The summed E-state index contributed by atoms with van der Waals surface area (Å²) in [5, 5.41) is 8.46. The highest BCUT2D eigenvalue weighted by atomic mass is 16.5. The Bertz CT molecular complexity index is 1040. The molecule has 0 radical (unpaired) electrons. The lowest BCUT2D eigenvalue weighted by Crippen LogP contribution is -2.35. The number of fused-ring (bicyclic) bond motifs is 3. The fourth-order valence-corrected chi connectivity index (χ4v) is 4.71. The molecule has 0 spiro atoms. The molecule has 2 heterocycles. The summed E-state index contributed by atoms with van der Waals surface area (Å²) >= 11 is 0. The molecule has 0 aliphatic heterocycles. The van der Waals surface area contributed by atoms with E-state index in [2.05, 4.69) is 46.4 Å². The number of hydrazone groups is 1. The molecule has 4 rings (SSSR count). The first-order chi connectivity index (χ1) is 13.6. The molecule has 2 aliphatic carbocycles. The van der Waals surface area contributed by atoms with E-state index < -0.39 is 18.5 Å². The highest BCUT2D eigenvalue weighted by Gasteiger charge is 2.60. The molecule has 2 saturated carbocycles. The van der Waals surface area contributed by atoms with Gasteiger partial charge >= 0.3 is 5.97 Å². The van der Waals surface area contributed by atoms with Gasteiger partial charge in [0.05, 0.1) is 0 Å². The molecule has 9 heteroatoms. The van der Waals surface area contributed by atoms with Gasteiger partial charge in [0.2, 0.25) is 0 Å². The van der Waals surface area contributed by atoms with E-state index in [1.807, 2.05) is 19.9 Å². The van der Waals surface area contributed by atoms with Crippen LogP contribution in [0.15, 0.2) is 11.2 Å². The van der Waals surface area contributed by atoms with Gasteiger partial charge in [-0.25, -0.2) is 19.7 Å². The van der Waals surface area contributed by atoms with Gasteiger partial charge in [0.25, 0.3) is 17.5 Å². The molecule has 2 fully saturated rings. The van der Waals surface area contributed by atoms with Crippen LogP contribution in [0.4, 0.5) is 0 Å². The maximum atomic E-state index is 12.2. The minimum Gasteiger partial charge on any atom is -0.450 e. The second kappa shape index (κ2) is 6.60. The highest BCUT2D eigenvalue weighted by molar-refractivity contribution is 5.95. The topological polar surface area (TPSA) is 111 Å². The van der Waals surface area contributed by atoms with Gasteiger partial charge in [-0.3, -0.25) is 4.79 Å². The third-order valence-electron chi connectivity index (χ3n) is 6.96. The standard InChI is InChI=1S/C20H26N6O3/c1-11-8-12(2)26-18(21-11)22-16(25-26)17(28)29-10-15(27)24-23-14-9-13-6-7-20(14,5)19(13,3)4/h8,13H,6-7,9-10H2,1-5H3,(H,24,27)/b23-14+. The third kappa shape index (κ3) is 3.08. The van der Waals surface area contributed by atoms with Crippen molar-refractivity contribution >= 4 is 23.4 Å². The van der Waals surface area contributed by atoms with Gasteiger partial charge in [-0.1, -0.05) is 20.8 Å². The number of nitrogens with zero attached hydrogens (tertiary/aromatic N) is 5. The molecule has 2 bridgehead atoms. The summed E-state index contributed by atoms with van der Waals surface area (Å²) < 4.78 is 6.51. The quantitative estimate of drug-likeness (QED) is 0.624. The molecular formula is C20H26N6O3. The number of rotatable bonds is 4. The van der Waals surface area contributed by atoms with Gasteiger partial charge < -0.3 is 4.74 Å². The van der Waals surface area contributed by atoms with Crippen molar-refractivity contribution in [1.29, 1.82) is 0 Å². The number of hydrogen-bond acceptors (Lipinski definition) is 7. The molecule has 1 N–H and O–H groups in total. The summed E-state index contributed by atoms with van der Waals surface area (Å²) in [6, 6.07) is 1.83. The van der Waals surface area contributed by atoms with E-state index in [9.17, 15) is 9.59 Å². The predicted octanol–water partition coefficient (Wildman–Crippen LogP) is 2.22. The maximum Gasteiger partial charge on any atom is 0.378 e. The Hall–Kier alpha value is -2.84. The first-order valence-corrected chi connectivity index (χ1v) is 9.86. The Labute approximate surface area is 168 Å². The second-order valence-electron chi connectivity index (χ2n) is 8.85. The first kappa shape index (κ1) is 19.5. The Morgan fingerprint density at radius 1 is 1.31 bits per heavy atom. The summed E-state index contributed by atoms with van der Waals surface area (Å²) in [6.45, 7) is 10.0. The van der Waals surface area contributed by atoms with Crippen LogP contribution in [0.5, 0.6) is 0 Å². The zero-order valence-electron chi connectivity index (χ0n) is 17.4. The number of carbonyl (C=O) groups is 2. The number of carbonyl (C=O) groups excluding carboxylic acids is 2. The van der Waals surface area contributed by atoms with E-state index in [0.717, 1.165) is 29.9 Å². The van der Waals surface area contributed by atoms with Gasteiger partial charge in [0.1, 0.15) is 0 Å². The number of esters is 1. The molecule has 2 unspecified atom stereocenters. The number of hydrogen-bond donors (Lipinski definition) is 1. The van der Waals surface area contributed by atoms with Crippen LogP contribution in [-0.2, 0) is 9.53 Å². The Morgan fingerprint density at radius 2 is 2.07 bits per heavy atom. The number of aromatic nitrogens is 4. The summed E-state index contributed by atoms with van der Waals surface area (Å²) in [6.07, 6.45) is 3.19. The minimum absolute atomic E-state index is 0.00503. The van der Waals surface area contributed by atoms with E-state index in [1.165, 1.54) is 10.9 Å². The smallest absolute Gasteiger partial charge is 0.378 e. The van der Waals surface area contributed by atoms with Crippen molar-refractivity contribution in [3.8, 4) is 0 Å². The van der Waals surface area contributed by atoms with Crippen LogP contribution in [-0.4, -0.2) is 43.8 Å². The first-order valence-electron chi connectivity index (χ1n) is 9.86. The lowest BCUT2D eigenvalue weighted by atomic mass is 9.70. The van der Waals surface area contributed by atoms with Crippen molar-refractivity contribution in [3.63, 3.8) is 0 Å². The van der Waals surface area contributed by atoms with Crippen LogP contribution < -0.4 is 5.43 Å². The molecule has 0 saturated heterocycles. The van der Waals surface area contributed by atoms with Crippen LogP contribution >= 0.6 is 0 Å². The summed E-state index contributed by atoms with van der Waals surface area (Å²) in [5.74, 6) is -0.472. The van der Waals surface area contributed by atoms with Gasteiger partial charge in [0.15, 0.2) is 6.61 Å². The fraction of sp³-hybridized carbons (Fsp3) is 0.600. The molecule has 0 aromatic carbocycles. The van der Waals surface area contributed by atoms with Crippen LogP contribution in [0, 0.1) is 30.6 Å². The Balaban J connectivity index is 1.37. The molecule has 9 nitrogen and oxygen atoms in total. The van der Waals surface area contributed by atoms with Crippen LogP contribution in [0.25, 0.3) is 5.78 Å². The lowest BCUT2D eigenvalue weighted by Gasteiger charge is -2.34. The van der Waals surface area contributed by atoms with E-state index >= 15 is 0 Å². The van der Waals surface area contributed by atoms with Gasteiger partial charge in [0, 0.05) is 22.5 Å². The fourth-order valence-electron chi connectivity index (χ4n) is 4.71. The second-order valence-corrected chi connectivity index (χ2v) is 8.85. The Morgan fingerprint density at radius 3 is 2.72 bits per heavy atom. The number of amides is 1. The van der Waals surface area contributed by atoms with Gasteiger partial charge in [-0.2, -0.15) is 10.1 Å². The van der Waals surface area contributed by atoms with Crippen molar-refractivity contribution in [1.82, 2.24) is 25.0 Å². The molecule has 1 amide bonds. The predicted molar refractivity (Wildman–Crippen MR) is 105 cm³/mol. The number of aryl methyl sites for hydroxylation is 2. The zero-order chi connectivity index (χ0) is 21.0. The molecule has 2 aromatic rings. The van der Waals surface area contributed by atoms with Crippen molar-refractivity contribution in [2.24, 2.45) is 21.8 Å². The summed E-state index contributed by atoms with van der Waals surface area (Å²) in [5.41, 5.74) is 5.33. The SMILES string of the molecule is Cc1cc(C)n2nc(C(=O)OCC(=O)N/N=C3\CC4CCC3(C)C4(C)C)nc2n1. The average Bonchev–Trinajstić information content (AvgIpc) is 3.23. The van der Waals surface area contributed by atoms with Crippen LogP contribution in [0.3, 0.4) is 0 Å². The van der Waals surface area contributed by atoms with Crippen LogP contribution in [0.1, 0.15) is 62.0 Å². The molecule has 154 valence electrons. The average molecular weight is 398 g/mol. The zero-order valence-corrected chi connectivity index (χ0v) is 17.4. The molecule has 2 aliphatic rings. The highest BCUT2D eigenvalue weighted by Crippen LogP contribution is 2.63. The number of ether oxygens (including phenoxy) is 1. The van der Waals surface area contributed by atoms with Crippen molar-refractivity contribution in [2.45, 2.75) is 53.9 Å². The molecule has 2 atom stereocenters. The van der Waals surface area contributed by atoms with E-state index in [1.54, 1.807) is 0 Å². The Kier molecular flexibility index (Phi) is 4.43. The van der Waals surface area contributed by atoms with Gasteiger partial charge in [-0.05, 0) is 50.5 Å².